The van der Waals surface area contributed by atoms with E-state index in [-0.39, 0.29) is 0 Å². The van der Waals surface area contributed by atoms with Gasteiger partial charge in [-0.3, -0.25) is 4.98 Å². The van der Waals surface area contributed by atoms with Gasteiger partial charge in [-0.1, -0.05) is 18.9 Å². The Morgan fingerprint density at radius 1 is 1.29 bits per heavy atom. The second kappa shape index (κ2) is 4.77. The van der Waals surface area contributed by atoms with Crippen LogP contribution < -0.4 is 5.32 Å². The summed E-state index contributed by atoms with van der Waals surface area (Å²) in [5.74, 6) is 2.96. The Morgan fingerprint density at radius 3 is 2.65 bits per heavy atom. The van der Waals surface area contributed by atoms with Crippen molar-refractivity contribution >= 4 is 0 Å². The van der Waals surface area contributed by atoms with Crippen molar-refractivity contribution < 1.29 is 0 Å². The molecule has 2 heteroatoms. The summed E-state index contributed by atoms with van der Waals surface area (Å²) in [7, 11) is 2.11. The maximum Gasteiger partial charge on any atom is 0.0419 e. The molecule has 3 rings (SSSR count). The highest BCUT2D eigenvalue weighted by Crippen LogP contribution is 2.57. The van der Waals surface area contributed by atoms with E-state index in [4.69, 9.17) is 0 Å². The largest absolute Gasteiger partial charge is 0.316 e. The van der Waals surface area contributed by atoms with Crippen molar-refractivity contribution in [2.75, 3.05) is 7.05 Å². The smallest absolute Gasteiger partial charge is 0.0419 e. The van der Waals surface area contributed by atoms with E-state index in [0.717, 1.165) is 24.2 Å². The van der Waals surface area contributed by atoms with Gasteiger partial charge in [-0.25, -0.2) is 0 Å². The van der Waals surface area contributed by atoms with E-state index in [2.05, 4.69) is 29.5 Å². The van der Waals surface area contributed by atoms with Crippen LogP contribution >= 0.6 is 0 Å². The van der Waals surface area contributed by atoms with Crippen LogP contribution in [0.15, 0.2) is 24.4 Å². The predicted octanol–water partition coefficient (Wildman–Crippen LogP) is 2.65. The van der Waals surface area contributed by atoms with Crippen LogP contribution in [0.5, 0.6) is 0 Å². The predicted molar refractivity (Wildman–Crippen MR) is 69.7 cm³/mol. The summed E-state index contributed by atoms with van der Waals surface area (Å²) in [4.78, 5) is 4.45. The zero-order valence-corrected chi connectivity index (χ0v) is 10.6. The summed E-state index contributed by atoms with van der Waals surface area (Å²) in [6, 6.07) is 6.87. The molecule has 3 atom stereocenters. The SMILES string of the molecule is CNC(Cc1ccccn1)C1C2CCCCC21. The van der Waals surface area contributed by atoms with E-state index in [1.165, 1.54) is 31.4 Å². The maximum absolute atomic E-state index is 4.45. The molecule has 2 aliphatic rings. The van der Waals surface area contributed by atoms with Crippen LogP contribution in [0.3, 0.4) is 0 Å². The van der Waals surface area contributed by atoms with Crippen molar-refractivity contribution in [2.24, 2.45) is 17.8 Å². The van der Waals surface area contributed by atoms with Crippen LogP contribution in [0, 0.1) is 17.8 Å². The van der Waals surface area contributed by atoms with Gasteiger partial charge in [-0.15, -0.1) is 0 Å². The Kier molecular flexibility index (Phi) is 3.15. The van der Waals surface area contributed by atoms with E-state index >= 15 is 0 Å². The van der Waals surface area contributed by atoms with Gasteiger partial charge < -0.3 is 5.32 Å². The third-order valence-electron chi connectivity index (χ3n) is 4.71. The number of nitrogens with zero attached hydrogens (tertiary/aromatic N) is 1. The van der Waals surface area contributed by atoms with E-state index in [1.54, 1.807) is 0 Å². The molecule has 3 unspecified atom stereocenters. The van der Waals surface area contributed by atoms with Crippen molar-refractivity contribution in [1.29, 1.82) is 0 Å². The summed E-state index contributed by atoms with van der Waals surface area (Å²) < 4.78 is 0. The second-order valence-electron chi connectivity index (χ2n) is 5.61. The fourth-order valence-electron chi connectivity index (χ4n) is 3.82. The Labute approximate surface area is 104 Å². The van der Waals surface area contributed by atoms with Gasteiger partial charge in [0, 0.05) is 24.4 Å². The third-order valence-corrected chi connectivity index (χ3v) is 4.71. The van der Waals surface area contributed by atoms with Gasteiger partial charge in [0.05, 0.1) is 0 Å². The first-order valence-corrected chi connectivity index (χ1v) is 6.97. The van der Waals surface area contributed by atoms with Gasteiger partial charge >= 0.3 is 0 Å². The van der Waals surface area contributed by atoms with E-state index in [1.807, 2.05) is 12.3 Å². The van der Waals surface area contributed by atoms with Crippen molar-refractivity contribution in [3.05, 3.63) is 30.1 Å². The highest BCUT2D eigenvalue weighted by molar-refractivity contribution is 5.11. The zero-order valence-electron chi connectivity index (χ0n) is 10.6. The molecular formula is C15H22N2. The monoisotopic (exact) mass is 230 g/mol. The molecular weight excluding hydrogens is 208 g/mol. The minimum Gasteiger partial charge on any atom is -0.316 e. The summed E-state index contributed by atoms with van der Waals surface area (Å²) in [5.41, 5.74) is 1.23. The van der Waals surface area contributed by atoms with Crippen molar-refractivity contribution in [3.63, 3.8) is 0 Å². The lowest BCUT2D eigenvalue weighted by atomic mass is 10.0. The van der Waals surface area contributed by atoms with Crippen LogP contribution in [0.4, 0.5) is 0 Å². The Hall–Kier alpha value is -0.890. The number of hydrogen-bond acceptors (Lipinski definition) is 2. The molecule has 0 amide bonds. The Balaban J connectivity index is 1.64. The molecule has 1 N–H and O–H groups in total. The van der Waals surface area contributed by atoms with Crippen LogP contribution in [0.25, 0.3) is 0 Å². The van der Waals surface area contributed by atoms with E-state index in [0.29, 0.717) is 6.04 Å². The van der Waals surface area contributed by atoms with E-state index in [9.17, 15) is 0 Å². The minimum atomic E-state index is 0.637. The lowest BCUT2D eigenvalue weighted by Crippen LogP contribution is -2.31. The summed E-state index contributed by atoms with van der Waals surface area (Å²) in [5, 5.41) is 3.53. The van der Waals surface area contributed by atoms with Gasteiger partial charge in [0.2, 0.25) is 0 Å². The molecule has 0 radical (unpaired) electrons. The maximum atomic E-state index is 4.45. The first kappa shape index (κ1) is 11.2. The van der Waals surface area contributed by atoms with Gasteiger partial charge in [0.1, 0.15) is 0 Å². The standard InChI is InChI=1S/C15H22N2/c1-16-14(10-11-6-4-5-9-17-11)15-12-7-2-3-8-13(12)15/h4-6,9,12-16H,2-3,7-8,10H2,1H3. The first-order chi connectivity index (χ1) is 8.40. The summed E-state index contributed by atoms with van der Waals surface area (Å²) in [6.07, 6.45) is 8.85. The topological polar surface area (TPSA) is 24.9 Å². The molecule has 17 heavy (non-hydrogen) atoms. The number of rotatable bonds is 4. The number of nitrogens with one attached hydrogen (secondary N) is 1. The zero-order chi connectivity index (χ0) is 11.7. The molecule has 0 aliphatic heterocycles. The van der Waals surface area contributed by atoms with Crippen LogP contribution in [-0.4, -0.2) is 18.1 Å². The van der Waals surface area contributed by atoms with Crippen LogP contribution in [-0.2, 0) is 6.42 Å². The molecule has 0 saturated heterocycles. The molecule has 92 valence electrons. The number of likely N-dealkylation sites (N-methyl/N-ethyl adjacent to an activating group) is 1. The average Bonchev–Trinajstić information content (AvgIpc) is 3.11. The molecule has 2 aliphatic carbocycles. The molecule has 2 nitrogen and oxygen atoms in total. The van der Waals surface area contributed by atoms with Gasteiger partial charge in [0.25, 0.3) is 0 Å². The average molecular weight is 230 g/mol. The lowest BCUT2D eigenvalue weighted by Gasteiger charge is -2.16. The van der Waals surface area contributed by atoms with Gasteiger partial charge in [0.15, 0.2) is 0 Å². The molecule has 2 saturated carbocycles. The molecule has 0 aromatic carbocycles. The third kappa shape index (κ3) is 2.23. The van der Waals surface area contributed by atoms with Crippen molar-refractivity contribution in [1.82, 2.24) is 10.3 Å². The number of hydrogen-bond donors (Lipinski definition) is 1. The molecule has 0 bridgehead atoms. The Morgan fingerprint density at radius 2 is 2.06 bits per heavy atom. The first-order valence-electron chi connectivity index (χ1n) is 6.97. The lowest BCUT2D eigenvalue weighted by molar-refractivity contribution is 0.456. The molecule has 2 fully saturated rings. The van der Waals surface area contributed by atoms with Crippen molar-refractivity contribution in [2.45, 2.75) is 38.1 Å². The number of fused-ring (bicyclic) bond motifs is 1. The molecule has 0 spiro atoms. The molecule has 1 heterocycles. The Bertz CT molecular complexity index is 350. The molecule has 1 aromatic heterocycles. The van der Waals surface area contributed by atoms with Gasteiger partial charge in [-0.05, 0) is 49.8 Å². The number of aromatic nitrogens is 1. The minimum absolute atomic E-state index is 0.637. The summed E-state index contributed by atoms with van der Waals surface area (Å²) in [6.45, 7) is 0. The normalized spacial score (nSPS) is 32.9. The van der Waals surface area contributed by atoms with Crippen LogP contribution in [0.2, 0.25) is 0 Å². The fourth-order valence-corrected chi connectivity index (χ4v) is 3.82. The van der Waals surface area contributed by atoms with E-state index < -0.39 is 0 Å². The van der Waals surface area contributed by atoms with Crippen LogP contribution in [0.1, 0.15) is 31.4 Å². The summed E-state index contributed by atoms with van der Waals surface area (Å²) >= 11 is 0. The van der Waals surface area contributed by atoms with Gasteiger partial charge in [-0.2, -0.15) is 0 Å². The van der Waals surface area contributed by atoms with Crippen molar-refractivity contribution in [3.8, 4) is 0 Å². The fraction of sp³-hybridized carbons (Fsp3) is 0.667. The number of pyridine rings is 1. The molecule has 1 aromatic rings. The highest BCUT2D eigenvalue weighted by Gasteiger charge is 2.53. The quantitative estimate of drug-likeness (QED) is 0.860. The second-order valence-corrected chi connectivity index (χ2v) is 5.61. The highest BCUT2D eigenvalue weighted by atomic mass is 14.9.